The van der Waals surface area contributed by atoms with Crippen LogP contribution in [-0.2, 0) is 0 Å². The number of rotatable bonds is 2. The number of aromatic nitrogens is 3. The minimum Gasteiger partial charge on any atom is -0.330 e. The van der Waals surface area contributed by atoms with E-state index in [1.807, 2.05) is 16.8 Å². The molecule has 0 aliphatic heterocycles. The molecule has 3 rings (SSSR count). The fourth-order valence-electron chi connectivity index (χ4n) is 2.83. The smallest absolute Gasteiger partial charge is 0.154 e. The van der Waals surface area contributed by atoms with Crippen LogP contribution in [0.25, 0.3) is 5.65 Å². The summed E-state index contributed by atoms with van der Waals surface area (Å²) < 4.78 is 1.83. The highest BCUT2D eigenvalue weighted by Crippen LogP contribution is 2.63. The zero-order valence-corrected chi connectivity index (χ0v) is 9.59. The van der Waals surface area contributed by atoms with Crippen LogP contribution in [0.15, 0.2) is 24.7 Å². The number of nitrogens with zero attached hydrogens (tertiary/aromatic N) is 3. The Morgan fingerprint density at radius 1 is 1.50 bits per heavy atom. The largest absolute Gasteiger partial charge is 0.330 e. The van der Waals surface area contributed by atoms with E-state index in [0.29, 0.717) is 17.3 Å². The normalized spacial score (nSPS) is 27.2. The van der Waals surface area contributed by atoms with Crippen molar-refractivity contribution in [1.29, 1.82) is 0 Å². The van der Waals surface area contributed by atoms with E-state index in [0.717, 1.165) is 12.2 Å². The summed E-state index contributed by atoms with van der Waals surface area (Å²) in [6.45, 7) is 5.28. The first-order valence-electron chi connectivity index (χ1n) is 5.64. The minimum absolute atomic E-state index is 0.303. The SMILES string of the molecule is CC1(C)[C@@H](CN)[C@@H]1c1cnc2ccnn2c1. The van der Waals surface area contributed by atoms with Gasteiger partial charge >= 0.3 is 0 Å². The van der Waals surface area contributed by atoms with Crippen molar-refractivity contribution < 1.29 is 0 Å². The van der Waals surface area contributed by atoms with Gasteiger partial charge in [-0.2, -0.15) is 5.10 Å². The third kappa shape index (κ3) is 1.19. The van der Waals surface area contributed by atoms with Gasteiger partial charge < -0.3 is 5.73 Å². The topological polar surface area (TPSA) is 56.2 Å². The molecule has 0 aromatic carbocycles. The number of nitrogens with two attached hydrogens (primary N) is 1. The molecule has 0 unspecified atom stereocenters. The Hall–Kier alpha value is -1.42. The van der Waals surface area contributed by atoms with Crippen LogP contribution in [-0.4, -0.2) is 21.1 Å². The number of hydrogen-bond acceptors (Lipinski definition) is 3. The third-order valence-corrected chi connectivity index (χ3v) is 3.93. The van der Waals surface area contributed by atoms with Crippen LogP contribution in [0.1, 0.15) is 25.3 Å². The van der Waals surface area contributed by atoms with Crippen LogP contribution in [0, 0.1) is 11.3 Å². The fourth-order valence-corrected chi connectivity index (χ4v) is 2.83. The summed E-state index contributed by atoms with van der Waals surface area (Å²) in [6, 6.07) is 1.90. The lowest BCUT2D eigenvalue weighted by Crippen LogP contribution is -2.05. The molecule has 2 atom stereocenters. The fraction of sp³-hybridized carbons (Fsp3) is 0.500. The Morgan fingerprint density at radius 3 is 3.00 bits per heavy atom. The molecule has 1 saturated carbocycles. The van der Waals surface area contributed by atoms with Crippen molar-refractivity contribution >= 4 is 5.65 Å². The Bertz CT molecular complexity index is 529. The van der Waals surface area contributed by atoms with Crippen LogP contribution in [0.4, 0.5) is 0 Å². The molecule has 2 N–H and O–H groups in total. The molecule has 2 aromatic rings. The van der Waals surface area contributed by atoms with Gasteiger partial charge in [-0.3, -0.25) is 0 Å². The van der Waals surface area contributed by atoms with Gasteiger partial charge in [-0.25, -0.2) is 9.50 Å². The molecule has 16 heavy (non-hydrogen) atoms. The first-order valence-corrected chi connectivity index (χ1v) is 5.64. The molecule has 84 valence electrons. The Balaban J connectivity index is 2.01. The van der Waals surface area contributed by atoms with Crippen molar-refractivity contribution in [1.82, 2.24) is 14.6 Å². The highest BCUT2D eigenvalue weighted by atomic mass is 15.2. The number of fused-ring (bicyclic) bond motifs is 1. The van der Waals surface area contributed by atoms with Crippen molar-refractivity contribution in [3.8, 4) is 0 Å². The summed E-state index contributed by atoms with van der Waals surface area (Å²) in [4.78, 5) is 4.40. The summed E-state index contributed by atoms with van der Waals surface area (Å²) in [5, 5.41) is 4.21. The average Bonchev–Trinajstić information content (AvgIpc) is 2.62. The molecule has 2 heterocycles. The Labute approximate surface area is 94.5 Å². The van der Waals surface area contributed by atoms with Gasteiger partial charge in [0.25, 0.3) is 0 Å². The predicted molar refractivity (Wildman–Crippen MR) is 62.1 cm³/mol. The summed E-state index contributed by atoms with van der Waals surface area (Å²) in [7, 11) is 0. The predicted octanol–water partition coefficient (Wildman–Crippen LogP) is 1.43. The van der Waals surface area contributed by atoms with Gasteiger partial charge in [0.15, 0.2) is 5.65 Å². The minimum atomic E-state index is 0.303. The van der Waals surface area contributed by atoms with Gasteiger partial charge in [-0.15, -0.1) is 0 Å². The summed E-state index contributed by atoms with van der Waals surface area (Å²) >= 11 is 0. The molecule has 1 aliphatic carbocycles. The van der Waals surface area contributed by atoms with Gasteiger partial charge in [0.05, 0.1) is 6.20 Å². The van der Waals surface area contributed by atoms with Gasteiger partial charge in [0.1, 0.15) is 0 Å². The second-order valence-corrected chi connectivity index (χ2v) is 5.16. The van der Waals surface area contributed by atoms with Gasteiger partial charge in [-0.05, 0) is 29.4 Å². The van der Waals surface area contributed by atoms with Crippen molar-refractivity contribution in [3.05, 3.63) is 30.2 Å². The van der Waals surface area contributed by atoms with E-state index in [1.165, 1.54) is 5.56 Å². The summed E-state index contributed by atoms with van der Waals surface area (Å²) in [6.07, 6.45) is 5.80. The van der Waals surface area contributed by atoms with Gasteiger partial charge in [0.2, 0.25) is 0 Å². The van der Waals surface area contributed by atoms with Crippen LogP contribution < -0.4 is 5.73 Å². The standard InChI is InChI=1S/C12H16N4/c1-12(2)9(5-13)11(12)8-6-14-10-3-4-15-16(10)7-8/h3-4,6-7,9,11H,5,13H2,1-2H3/t9-,11-/m0/s1. The highest BCUT2D eigenvalue weighted by Gasteiger charge is 2.57. The van der Waals surface area contributed by atoms with E-state index in [1.54, 1.807) is 6.20 Å². The Morgan fingerprint density at radius 2 is 2.31 bits per heavy atom. The lowest BCUT2D eigenvalue weighted by Gasteiger charge is -2.03. The van der Waals surface area contributed by atoms with Crippen LogP contribution >= 0.6 is 0 Å². The maximum absolute atomic E-state index is 5.79. The second kappa shape index (κ2) is 3.04. The molecule has 4 heteroatoms. The molecule has 0 bridgehead atoms. The van der Waals surface area contributed by atoms with Crippen molar-refractivity contribution in [3.63, 3.8) is 0 Å². The quantitative estimate of drug-likeness (QED) is 0.826. The second-order valence-electron chi connectivity index (χ2n) is 5.16. The van der Waals surface area contributed by atoms with Crippen LogP contribution in [0.2, 0.25) is 0 Å². The monoisotopic (exact) mass is 216 g/mol. The molecule has 4 nitrogen and oxygen atoms in total. The summed E-state index contributed by atoms with van der Waals surface area (Å²) in [5.41, 5.74) is 8.23. The van der Waals surface area contributed by atoms with Gasteiger partial charge in [-0.1, -0.05) is 13.8 Å². The first-order chi connectivity index (χ1) is 7.64. The first kappa shape index (κ1) is 9.78. The highest BCUT2D eigenvalue weighted by molar-refractivity contribution is 5.38. The van der Waals surface area contributed by atoms with E-state index in [9.17, 15) is 0 Å². The van der Waals surface area contributed by atoms with E-state index in [2.05, 4.69) is 30.1 Å². The van der Waals surface area contributed by atoms with Crippen LogP contribution in [0.5, 0.6) is 0 Å². The maximum Gasteiger partial charge on any atom is 0.154 e. The van der Waals surface area contributed by atoms with Gasteiger partial charge in [0, 0.05) is 18.5 Å². The van der Waals surface area contributed by atoms with E-state index in [4.69, 9.17) is 5.73 Å². The molecule has 0 amide bonds. The zero-order chi connectivity index (χ0) is 11.3. The van der Waals surface area contributed by atoms with E-state index >= 15 is 0 Å². The lowest BCUT2D eigenvalue weighted by molar-refractivity contribution is 0.558. The Kier molecular flexibility index (Phi) is 1.86. The van der Waals surface area contributed by atoms with Crippen LogP contribution in [0.3, 0.4) is 0 Å². The van der Waals surface area contributed by atoms with Crippen molar-refractivity contribution in [2.24, 2.45) is 17.1 Å². The van der Waals surface area contributed by atoms with Crippen molar-refractivity contribution in [2.75, 3.05) is 6.54 Å². The van der Waals surface area contributed by atoms with Crippen molar-refractivity contribution in [2.45, 2.75) is 19.8 Å². The molecule has 0 spiro atoms. The maximum atomic E-state index is 5.79. The molecular weight excluding hydrogens is 200 g/mol. The molecule has 1 fully saturated rings. The number of hydrogen-bond donors (Lipinski definition) is 1. The van der Waals surface area contributed by atoms with E-state index < -0.39 is 0 Å². The lowest BCUT2D eigenvalue weighted by atomic mass is 10.1. The summed E-state index contributed by atoms with van der Waals surface area (Å²) in [5.74, 6) is 1.10. The molecular formula is C12H16N4. The average molecular weight is 216 g/mol. The van der Waals surface area contributed by atoms with E-state index in [-0.39, 0.29) is 0 Å². The molecule has 0 radical (unpaired) electrons. The zero-order valence-electron chi connectivity index (χ0n) is 9.59. The third-order valence-electron chi connectivity index (χ3n) is 3.93. The molecule has 0 saturated heterocycles. The molecule has 2 aromatic heterocycles. The molecule has 1 aliphatic rings.